The second-order valence-electron chi connectivity index (χ2n) is 4.96. The number of rotatable bonds is 6. The molecule has 0 aliphatic rings. The van der Waals surface area contributed by atoms with Crippen LogP contribution in [0.2, 0.25) is 0 Å². The van der Waals surface area contributed by atoms with Crippen molar-refractivity contribution in [2.75, 3.05) is 6.54 Å². The van der Waals surface area contributed by atoms with Gasteiger partial charge < -0.3 is 15.8 Å². The van der Waals surface area contributed by atoms with Crippen molar-refractivity contribution in [1.82, 2.24) is 5.32 Å². The Kier molecular flexibility index (Phi) is 5.23. The predicted molar refractivity (Wildman–Crippen MR) is 68.1 cm³/mol. The number of alkyl halides is 2. The molecule has 6 heteroatoms. The van der Waals surface area contributed by atoms with E-state index in [2.05, 4.69) is 10.1 Å². The molecular formula is C13H18F2N2O2. The van der Waals surface area contributed by atoms with Crippen LogP contribution in [0, 0.1) is 0 Å². The first-order chi connectivity index (χ1) is 8.76. The summed E-state index contributed by atoms with van der Waals surface area (Å²) in [6.07, 6.45) is 0.172. The molecular weight excluding hydrogens is 254 g/mol. The molecule has 0 heterocycles. The number of halogens is 2. The first-order valence-corrected chi connectivity index (χ1v) is 5.85. The first-order valence-electron chi connectivity index (χ1n) is 5.85. The maximum absolute atomic E-state index is 11.9. The topological polar surface area (TPSA) is 64.3 Å². The fourth-order valence-corrected chi connectivity index (χ4v) is 1.36. The van der Waals surface area contributed by atoms with Gasteiger partial charge in [0.2, 0.25) is 5.91 Å². The monoisotopic (exact) mass is 272 g/mol. The van der Waals surface area contributed by atoms with Crippen molar-refractivity contribution in [3.05, 3.63) is 29.8 Å². The van der Waals surface area contributed by atoms with E-state index in [4.69, 9.17) is 5.73 Å². The van der Waals surface area contributed by atoms with E-state index in [1.54, 1.807) is 12.1 Å². The number of benzene rings is 1. The molecule has 1 rings (SSSR count). The van der Waals surface area contributed by atoms with Gasteiger partial charge in [-0.15, -0.1) is 0 Å². The zero-order chi connectivity index (χ0) is 14.5. The van der Waals surface area contributed by atoms with Crippen molar-refractivity contribution in [1.29, 1.82) is 0 Å². The van der Waals surface area contributed by atoms with Crippen LogP contribution in [0.3, 0.4) is 0 Å². The molecule has 1 aromatic carbocycles. The van der Waals surface area contributed by atoms with E-state index in [0.29, 0.717) is 12.1 Å². The molecule has 0 saturated heterocycles. The van der Waals surface area contributed by atoms with Crippen LogP contribution < -0.4 is 15.8 Å². The maximum Gasteiger partial charge on any atom is 0.387 e. The fourth-order valence-electron chi connectivity index (χ4n) is 1.36. The van der Waals surface area contributed by atoms with Gasteiger partial charge in [-0.2, -0.15) is 8.78 Å². The van der Waals surface area contributed by atoms with Crippen molar-refractivity contribution < 1.29 is 18.3 Å². The van der Waals surface area contributed by atoms with Crippen LogP contribution in [0.25, 0.3) is 0 Å². The average Bonchev–Trinajstić information content (AvgIpc) is 2.28. The summed E-state index contributed by atoms with van der Waals surface area (Å²) in [7, 11) is 0. The molecule has 0 bridgehead atoms. The third-order valence-electron chi connectivity index (χ3n) is 2.25. The second-order valence-corrected chi connectivity index (χ2v) is 4.96. The lowest BCUT2D eigenvalue weighted by Gasteiger charge is -2.18. The Balaban J connectivity index is 2.47. The smallest absolute Gasteiger partial charge is 0.387 e. The number of hydrogen-bond acceptors (Lipinski definition) is 3. The fraction of sp³-hybridized carbons (Fsp3) is 0.462. The van der Waals surface area contributed by atoms with Crippen LogP contribution in [0.1, 0.15) is 19.4 Å². The van der Waals surface area contributed by atoms with Crippen LogP contribution in [-0.2, 0) is 11.2 Å². The molecule has 1 aromatic rings. The third-order valence-corrected chi connectivity index (χ3v) is 2.25. The first kappa shape index (κ1) is 15.4. The Morgan fingerprint density at radius 3 is 2.42 bits per heavy atom. The molecule has 3 N–H and O–H groups in total. The van der Waals surface area contributed by atoms with E-state index < -0.39 is 12.2 Å². The highest BCUT2D eigenvalue weighted by Gasteiger charge is 2.12. The van der Waals surface area contributed by atoms with E-state index in [1.807, 2.05) is 13.8 Å². The summed E-state index contributed by atoms with van der Waals surface area (Å²) in [4.78, 5) is 11.6. The summed E-state index contributed by atoms with van der Waals surface area (Å²) in [6, 6.07) is 5.96. The molecule has 0 spiro atoms. The third kappa shape index (κ3) is 6.71. The lowest BCUT2D eigenvalue weighted by atomic mass is 10.1. The van der Waals surface area contributed by atoms with Gasteiger partial charge in [-0.05, 0) is 31.5 Å². The maximum atomic E-state index is 11.9. The summed E-state index contributed by atoms with van der Waals surface area (Å²) in [5.74, 6) is -0.0942. The van der Waals surface area contributed by atoms with Gasteiger partial charge in [0, 0.05) is 12.1 Å². The highest BCUT2D eigenvalue weighted by Crippen LogP contribution is 2.15. The number of hydrogen-bond donors (Lipinski definition) is 2. The van der Waals surface area contributed by atoms with Crippen molar-refractivity contribution in [3.8, 4) is 5.75 Å². The van der Waals surface area contributed by atoms with E-state index in [1.165, 1.54) is 12.1 Å². The zero-order valence-corrected chi connectivity index (χ0v) is 11.0. The van der Waals surface area contributed by atoms with E-state index in [9.17, 15) is 13.6 Å². The molecule has 0 atom stereocenters. The Labute approximate surface area is 110 Å². The van der Waals surface area contributed by atoms with Crippen LogP contribution in [0.5, 0.6) is 5.75 Å². The Bertz CT molecular complexity index is 414. The van der Waals surface area contributed by atoms with Crippen molar-refractivity contribution in [2.24, 2.45) is 5.73 Å². The number of nitrogens with one attached hydrogen (secondary N) is 1. The highest BCUT2D eigenvalue weighted by atomic mass is 19.3. The predicted octanol–water partition coefficient (Wildman–Crippen LogP) is 1.68. The normalized spacial score (nSPS) is 11.5. The zero-order valence-electron chi connectivity index (χ0n) is 11.0. The van der Waals surface area contributed by atoms with Crippen molar-refractivity contribution in [3.63, 3.8) is 0 Å². The molecule has 4 nitrogen and oxygen atoms in total. The van der Waals surface area contributed by atoms with Gasteiger partial charge in [-0.1, -0.05) is 12.1 Å². The number of carbonyl (C=O) groups is 1. The molecule has 0 aliphatic heterocycles. The molecule has 0 fully saturated rings. The average molecular weight is 272 g/mol. The minimum absolute atomic E-state index is 0.0715. The van der Waals surface area contributed by atoms with Gasteiger partial charge in [0.05, 0.1) is 6.42 Å². The lowest BCUT2D eigenvalue weighted by molar-refractivity contribution is -0.120. The molecule has 1 amide bonds. The van der Waals surface area contributed by atoms with Crippen molar-refractivity contribution >= 4 is 5.91 Å². The minimum Gasteiger partial charge on any atom is -0.435 e. The molecule has 106 valence electrons. The Morgan fingerprint density at radius 1 is 1.37 bits per heavy atom. The van der Waals surface area contributed by atoms with Gasteiger partial charge >= 0.3 is 6.61 Å². The lowest BCUT2D eigenvalue weighted by Crippen LogP contribution is -2.45. The standard InChI is InChI=1S/C13H18F2N2O2/c1-13(2,16)8-17-11(18)7-9-3-5-10(6-4-9)19-12(14)15/h3-6,12H,7-8,16H2,1-2H3,(H,17,18). The SMILES string of the molecule is CC(C)(N)CNC(=O)Cc1ccc(OC(F)F)cc1. The summed E-state index contributed by atoms with van der Waals surface area (Å²) >= 11 is 0. The van der Waals surface area contributed by atoms with E-state index in [0.717, 1.165) is 0 Å². The second kappa shape index (κ2) is 6.47. The summed E-state index contributed by atoms with van der Waals surface area (Å²) in [6.45, 7) is 1.15. The molecule has 0 unspecified atom stereocenters. The van der Waals surface area contributed by atoms with Gasteiger partial charge in [-0.3, -0.25) is 4.79 Å². The number of nitrogens with two attached hydrogens (primary N) is 1. The molecule has 0 radical (unpaired) electrons. The van der Waals surface area contributed by atoms with E-state index >= 15 is 0 Å². The number of carbonyl (C=O) groups excluding carboxylic acids is 1. The van der Waals surface area contributed by atoms with Gasteiger partial charge in [0.15, 0.2) is 0 Å². The van der Waals surface area contributed by atoms with Crippen molar-refractivity contribution in [2.45, 2.75) is 32.4 Å². The Morgan fingerprint density at radius 2 is 1.95 bits per heavy atom. The molecule has 0 saturated carbocycles. The summed E-state index contributed by atoms with van der Waals surface area (Å²) in [5, 5.41) is 2.70. The van der Waals surface area contributed by atoms with Crippen LogP contribution in [0.4, 0.5) is 8.78 Å². The van der Waals surface area contributed by atoms with Crippen LogP contribution in [-0.4, -0.2) is 24.6 Å². The quantitative estimate of drug-likeness (QED) is 0.828. The van der Waals surface area contributed by atoms with E-state index in [-0.39, 0.29) is 18.1 Å². The molecule has 0 aliphatic carbocycles. The van der Waals surface area contributed by atoms with Gasteiger partial charge in [0.1, 0.15) is 5.75 Å². The van der Waals surface area contributed by atoms with Crippen LogP contribution >= 0.6 is 0 Å². The minimum atomic E-state index is -2.85. The van der Waals surface area contributed by atoms with Gasteiger partial charge in [-0.25, -0.2) is 0 Å². The number of ether oxygens (including phenoxy) is 1. The van der Waals surface area contributed by atoms with Gasteiger partial charge in [0.25, 0.3) is 0 Å². The highest BCUT2D eigenvalue weighted by molar-refractivity contribution is 5.78. The summed E-state index contributed by atoms with van der Waals surface area (Å²) < 4.78 is 28.1. The summed E-state index contributed by atoms with van der Waals surface area (Å²) in [5.41, 5.74) is 5.99. The molecule has 19 heavy (non-hydrogen) atoms. The Hall–Kier alpha value is -1.69. The molecule has 0 aromatic heterocycles. The largest absolute Gasteiger partial charge is 0.435 e. The van der Waals surface area contributed by atoms with Crippen LogP contribution in [0.15, 0.2) is 24.3 Å². The number of amides is 1.